The zero-order valence-corrected chi connectivity index (χ0v) is 11.3. The predicted octanol–water partition coefficient (Wildman–Crippen LogP) is 2.53. The van der Waals surface area contributed by atoms with Crippen LogP contribution in [-0.2, 0) is 9.53 Å². The number of hydrogen-bond acceptors (Lipinski definition) is 2. The van der Waals surface area contributed by atoms with Gasteiger partial charge < -0.3 is 4.74 Å². The number of carbonyl (C=O) groups excluding carboxylic acids is 1. The second-order valence-corrected chi connectivity index (χ2v) is 3.11. The molecular formula is C10H20NaO2. The average Bonchev–Trinajstić information content (AvgIpc) is 2.02. The molecular weight excluding hydrogens is 175 g/mol. The summed E-state index contributed by atoms with van der Waals surface area (Å²) in [5.74, 6) is -0.163. The first-order chi connectivity index (χ1) is 5.77. The van der Waals surface area contributed by atoms with E-state index >= 15 is 0 Å². The molecule has 0 aromatic carbocycles. The van der Waals surface area contributed by atoms with Crippen molar-refractivity contribution in [1.82, 2.24) is 0 Å². The van der Waals surface area contributed by atoms with Gasteiger partial charge in [0.05, 0.1) is 6.61 Å². The minimum atomic E-state index is -0.163. The van der Waals surface area contributed by atoms with Gasteiger partial charge in [-0.25, -0.2) is 0 Å². The molecule has 0 spiro atoms. The van der Waals surface area contributed by atoms with Gasteiger partial charge in [0.2, 0.25) is 0 Å². The Bertz CT molecular complexity index is 115. The predicted molar refractivity (Wildman–Crippen MR) is 55.8 cm³/mol. The number of carbonyl (C=O) groups is 1. The number of rotatable bonds is 7. The Morgan fingerprint density at radius 2 is 1.62 bits per heavy atom. The molecule has 0 aliphatic heterocycles. The van der Waals surface area contributed by atoms with Gasteiger partial charge in [-0.3, -0.25) is 4.79 Å². The Morgan fingerprint density at radius 1 is 1.08 bits per heavy atom. The Kier molecular flexibility index (Phi) is 15.3. The summed E-state index contributed by atoms with van der Waals surface area (Å²) in [5.41, 5.74) is 0. The second-order valence-electron chi connectivity index (χ2n) is 3.11. The van der Waals surface area contributed by atoms with E-state index < -0.39 is 0 Å². The van der Waals surface area contributed by atoms with Crippen molar-refractivity contribution in [2.45, 2.75) is 52.4 Å². The van der Waals surface area contributed by atoms with Crippen molar-refractivity contribution in [3.05, 3.63) is 0 Å². The normalized spacial score (nSPS) is 9.08. The molecule has 3 heteroatoms. The Hall–Kier alpha value is 0.470. The Labute approximate surface area is 104 Å². The van der Waals surface area contributed by atoms with Crippen molar-refractivity contribution in [3.63, 3.8) is 0 Å². The molecule has 73 valence electrons. The third-order valence-corrected chi connectivity index (χ3v) is 1.80. The van der Waals surface area contributed by atoms with Crippen molar-refractivity contribution in [2.75, 3.05) is 6.61 Å². The molecule has 1 radical (unpaired) electrons. The van der Waals surface area contributed by atoms with Crippen LogP contribution in [0.1, 0.15) is 52.4 Å². The maximum Gasteiger partial charge on any atom is 0.302 e. The maximum atomic E-state index is 10.4. The molecule has 0 rings (SSSR count). The SMILES string of the molecule is CCCCCCCCOC(C)=O.[Na]. The molecule has 0 atom stereocenters. The molecule has 0 aromatic heterocycles. The van der Waals surface area contributed by atoms with Crippen LogP contribution < -0.4 is 0 Å². The first-order valence-corrected chi connectivity index (χ1v) is 4.90. The Morgan fingerprint density at radius 3 is 2.15 bits per heavy atom. The average molecular weight is 195 g/mol. The number of hydrogen-bond donors (Lipinski definition) is 0. The monoisotopic (exact) mass is 195 g/mol. The smallest absolute Gasteiger partial charge is 0.302 e. The molecule has 0 aliphatic carbocycles. The molecule has 0 bridgehead atoms. The molecule has 2 nitrogen and oxygen atoms in total. The molecule has 0 N–H and O–H groups in total. The number of ether oxygens (including phenoxy) is 1. The summed E-state index contributed by atoms with van der Waals surface area (Å²) >= 11 is 0. The van der Waals surface area contributed by atoms with Gasteiger partial charge in [-0.05, 0) is 6.42 Å². The topological polar surface area (TPSA) is 26.3 Å². The van der Waals surface area contributed by atoms with Crippen LogP contribution in [0.2, 0.25) is 0 Å². The van der Waals surface area contributed by atoms with Gasteiger partial charge in [0.1, 0.15) is 0 Å². The number of unbranched alkanes of at least 4 members (excludes halogenated alkanes) is 5. The molecule has 0 heterocycles. The molecule has 0 fully saturated rings. The van der Waals surface area contributed by atoms with Crippen LogP contribution in [0.3, 0.4) is 0 Å². The van der Waals surface area contributed by atoms with E-state index in [1.165, 1.54) is 39.0 Å². The molecule has 0 unspecified atom stereocenters. The van der Waals surface area contributed by atoms with Crippen molar-refractivity contribution >= 4 is 35.5 Å². The van der Waals surface area contributed by atoms with Gasteiger partial charge in [0.25, 0.3) is 0 Å². The van der Waals surface area contributed by atoms with Crippen molar-refractivity contribution in [2.24, 2.45) is 0 Å². The fourth-order valence-corrected chi connectivity index (χ4v) is 1.10. The third-order valence-electron chi connectivity index (χ3n) is 1.80. The summed E-state index contributed by atoms with van der Waals surface area (Å²) in [6.45, 7) is 4.26. The molecule has 0 amide bonds. The van der Waals surface area contributed by atoms with Crippen LogP contribution in [0.15, 0.2) is 0 Å². The fourth-order valence-electron chi connectivity index (χ4n) is 1.10. The van der Waals surface area contributed by atoms with E-state index in [-0.39, 0.29) is 35.5 Å². The first-order valence-electron chi connectivity index (χ1n) is 4.90. The van der Waals surface area contributed by atoms with E-state index in [1.807, 2.05) is 0 Å². The van der Waals surface area contributed by atoms with E-state index in [4.69, 9.17) is 4.74 Å². The minimum absolute atomic E-state index is 0. The molecule has 0 saturated heterocycles. The van der Waals surface area contributed by atoms with Crippen LogP contribution >= 0.6 is 0 Å². The summed E-state index contributed by atoms with van der Waals surface area (Å²) in [4.78, 5) is 10.4. The van der Waals surface area contributed by atoms with Crippen LogP contribution in [0.5, 0.6) is 0 Å². The quantitative estimate of drug-likeness (QED) is 0.354. The summed E-state index contributed by atoms with van der Waals surface area (Å²) in [6.07, 6.45) is 7.40. The molecule has 0 aromatic rings. The summed E-state index contributed by atoms with van der Waals surface area (Å²) in [7, 11) is 0. The van der Waals surface area contributed by atoms with Crippen LogP contribution in [0, 0.1) is 0 Å². The zero-order valence-electron chi connectivity index (χ0n) is 9.27. The van der Waals surface area contributed by atoms with Gasteiger partial charge in [-0.2, -0.15) is 0 Å². The van der Waals surface area contributed by atoms with Crippen LogP contribution in [0.4, 0.5) is 0 Å². The Balaban J connectivity index is 0. The van der Waals surface area contributed by atoms with E-state index in [0.29, 0.717) is 6.61 Å². The summed E-state index contributed by atoms with van der Waals surface area (Å²) < 4.78 is 4.81. The van der Waals surface area contributed by atoms with Gasteiger partial charge in [0, 0.05) is 36.5 Å². The fraction of sp³-hybridized carbons (Fsp3) is 0.900. The zero-order chi connectivity index (χ0) is 9.23. The largest absolute Gasteiger partial charge is 0.466 e. The summed E-state index contributed by atoms with van der Waals surface area (Å²) in [6, 6.07) is 0. The van der Waals surface area contributed by atoms with E-state index in [9.17, 15) is 4.79 Å². The van der Waals surface area contributed by atoms with E-state index in [2.05, 4.69) is 6.92 Å². The van der Waals surface area contributed by atoms with E-state index in [1.54, 1.807) is 0 Å². The van der Waals surface area contributed by atoms with Crippen molar-refractivity contribution in [1.29, 1.82) is 0 Å². The van der Waals surface area contributed by atoms with Gasteiger partial charge >= 0.3 is 5.97 Å². The molecule has 0 aliphatic rings. The molecule has 0 saturated carbocycles. The maximum absolute atomic E-state index is 10.4. The minimum Gasteiger partial charge on any atom is -0.466 e. The standard InChI is InChI=1S/C10H20O2.Na/c1-3-4-5-6-7-8-9-12-10(2)11;/h3-9H2,1-2H3;. The number of esters is 1. The summed E-state index contributed by atoms with van der Waals surface area (Å²) in [5, 5.41) is 0. The van der Waals surface area contributed by atoms with Crippen LogP contribution in [0.25, 0.3) is 0 Å². The molecule has 13 heavy (non-hydrogen) atoms. The van der Waals surface area contributed by atoms with Crippen LogP contribution in [-0.4, -0.2) is 42.1 Å². The van der Waals surface area contributed by atoms with Gasteiger partial charge in [0.15, 0.2) is 0 Å². The van der Waals surface area contributed by atoms with Gasteiger partial charge in [-0.1, -0.05) is 39.0 Å². The second kappa shape index (κ2) is 12.5. The van der Waals surface area contributed by atoms with E-state index in [0.717, 1.165) is 6.42 Å². The van der Waals surface area contributed by atoms with Crippen molar-refractivity contribution in [3.8, 4) is 0 Å². The van der Waals surface area contributed by atoms with Gasteiger partial charge in [-0.15, -0.1) is 0 Å². The van der Waals surface area contributed by atoms with Crippen molar-refractivity contribution < 1.29 is 9.53 Å². The third kappa shape index (κ3) is 15.2. The first kappa shape index (κ1) is 15.9.